The Labute approximate surface area is 128 Å². The second kappa shape index (κ2) is 6.46. The highest BCUT2D eigenvalue weighted by molar-refractivity contribution is 14.1. The van der Waals surface area contributed by atoms with Crippen LogP contribution in [0, 0.1) is 3.57 Å². The van der Waals surface area contributed by atoms with Gasteiger partial charge in [-0.2, -0.15) is 0 Å². The molecule has 0 bridgehead atoms. The maximum absolute atomic E-state index is 11.9. The average molecular weight is 386 g/mol. The van der Waals surface area contributed by atoms with E-state index in [1.807, 2.05) is 18.2 Å². The van der Waals surface area contributed by atoms with E-state index >= 15 is 0 Å². The predicted octanol–water partition coefficient (Wildman–Crippen LogP) is 1.31. The summed E-state index contributed by atoms with van der Waals surface area (Å²) in [6, 6.07) is 7.42. The summed E-state index contributed by atoms with van der Waals surface area (Å²) in [7, 11) is 1.26. The van der Waals surface area contributed by atoms with Crippen molar-refractivity contribution in [3.63, 3.8) is 0 Å². The lowest BCUT2D eigenvalue weighted by molar-refractivity contribution is -0.116. The number of ether oxygens (including phenoxy) is 1. The van der Waals surface area contributed by atoms with Crippen molar-refractivity contribution in [3.05, 3.63) is 39.7 Å². The first-order chi connectivity index (χ1) is 9.60. The number of nitrogens with one attached hydrogen (secondary N) is 1. The molecule has 0 atom stereocenters. The normalized spacial score (nSPS) is 10.1. The number of rotatable bonds is 4. The number of hydrogen-bond acceptors (Lipinski definition) is 5. The molecular weight excluding hydrogens is 375 g/mol. The highest BCUT2D eigenvalue weighted by Crippen LogP contribution is 2.16. The van der Waals surface area contributed by atoms with Crippen LogP contribution in [0.4, 0.5) is 5.69 Å². The number of nitrogens with zero attached hydrogens (tertiary/aromatic N) is 3. The van der Waals surface area contributed by atoms with E-state index in [9.17, 15) is 9.59 Å². The van der Waals surface area contributed by atoms with Crippen molar-refractivity contribution in [3.8, 4) is 0 Å². The molecule has 0 unspecified atom stereocenters. The molecule has 0 aliphatic heterocycles. The Kier molecular flexibility index (Phi) is 4.66. The van der Waals surface area contributed by atoms with E-state index in [-0.39, 0.29) is 18.1 Å². The largest absolute Gasteiger partial charge is 0.464 e. The summed E-state index contributed by atoms with van der Waals surface area (Å²) in [4.78, 5) is 23.1. The van der Waals surface area contributed by atoms with Crippen LogP contribution in [0.15, 0.2) is 30.5 Å². The van der Waals surface area contributed by atoms with Gasteiger partial charge in [-0.05, 0) is 34.7 Å². The minimum atomic E-state index is -0.589. The number of para-hydroxylation sites is 1. The van der Waals surface area contributed by atoms with Crippen molar-refractivity contribution in [2.24, 2.45) is 0 Å². The quantitative estimate of drug-likeness (QED) is 0.633. The van der Waals surface area contributed by atoms with Gasteiger partial charge in [0.05, 0.1) is 19.0 Å². The van der Waals surface area contributed by atoms with Gasteiger partial charge in [-0.15, -0.1) is 5.10 Å². The first-order valence-corrected chi connectivity index (χ1v) is 6.71. The van der Waals surface area contributed by atoms with Gasteiger partial charge in [0.15, 0.2) is 5.69 Å². The highest BCUT2D eigenvalue weighted by Gasteiger charge is 2.12. The number of halogens is 1. The van der Waals surface area contributed by atoms with E-state index in [0.29, 0.717) is 0 Å². The summed E-state index contributed by atoms with van der Waals surface area (Å²) in [5, 5.41) is 10.1. The summed E-state index contributed by atoms with van der Waals surface area (Å²) in [5.41, 5.74) is 0.793. The summed E-state index contributed by atoms with van der Waals surface area (Å²) in [6.07, 6.45) is 1.36. The molecule has 0 aliphatic carbocycles. The van der Waals surface area contributed by atoms with E-state index < -0.39 is 5.97 Å². The van der Waals surface area contributed by atoms with Gasteiger partial charge in [0.1, 0.15) is 6.54 Å². The Morgan fingerprint density at radius 1 is 1.40 bits per heavy atom. The number of esters is 1. The molecule has 1 heterocycles. The van der Waals surface area contributed by atoms with E-state index in [4.69, 9.17) is 0 Å². The molecule has 1 aromatic heterocycles. The fourth-order valence-corrected chi connectivity index (χ4v) is 2.00. The predicted molar refractivity (Wildman–Crippen MR) is 79.2 cm³/mol. The monoisotopic (exact) mass is 386 g/mol. The Morgan fingerprint density at radius 2 is 2.15 bits per heavy atom. The Bertz CT molecular complexity index is 641. The van der Waals surface area contributed by atoms with Crippen LogP contribution in [-0.2, 0) is 16.1 Å². The minimum Gasteiger partial charge on any atom is -0.464 e. The Morgan fingerprint density at radius 3 is 2.85 bits per heavy atom. The summed E-state index contributed by atoms with van der Waals surface area (Å²) >= 11 is 2.13. The van der Waals surface area contributed by atoms with E-state index in [1.54, 1.807) is 6.07 Å². The molecule has 0 saturated heterocycles. The lowest BCUT2D eigenvalue weighted by atomic mass is 10.3. The second-order valence-electron chi connectivity index (χ2n) is 3.82. The number of methoxy groups -OCH3 is 1. The third kappa shape index (κ3) is 3.53. The van der Waals surface area contributed by atoms with Crippen LogP contribution in [0.3, 0.4) is 0 Å². The van der Waals surface area contributed by atoms with Crippen LogP contribution in [0.1, 0.15) is 10.5 Å². The summed E-state index contributed by atoms with van der Waals surface area (Å²) in [6.45, 7) is -0.0328. The van der Waals surface area contributed by atoms with Gasteiger partial charge >= 0.3 is 5.97 Å². The topological polar surface area (TPSA) is 86.1 Å². The molecule has 1 N–H and O–H groups in total. The fraction of sp³-hybridized carbons (Fsp3) is 0.167. The van der Waals surface area contributed by atoms with Gasteiger partial charge in [0.2, 0.25) is 5.91 Å². The Hall–Kier alpha value is -1.97. The number of carbonyl (C=O) groups is 2. The first-order valence-electron chi connectivity index (χ1n) is 5.63. The zero-order valence-electron chi connectivity index (χ0n) is 10.5. The smallest absolute Gasteiger partial charge is 0.360 e. The maximum Gasteiger partial charge on any atom is 0.360 e. The molecule has 8 heteroatoms. The molecule has 2 aromatic rings. The second-order valence-corrected chi connectivity index (χ2v) is 4.98. The fourth-order valence-electron chi connectivity index (χ4n) is 1.47. The molecule has 0 fully saturated rings. The van der Waals surface area contributed by atoms with Crippen LogP contribution in [0.5, 0.6) is 0 Å². The van der Waals surface area contributed by atoms with Crippen LogP contribution < -0.4 is 5.32 Å². The minimum absolute atomic E-state index is 0.0328. The van der Waals surface area contributed by atoms with Crippen molar-refractivity contribution in [1.82, 2.24) is 15.0 Å². The van der Waals surface area contributed by atoms with Crippen molar-refractivity contribution < 1.29 is 14.3 Å². The summed E-state index contributed by atoms with van der Waals surface area (Å²) < 4.78 is 6.72. The number of aromatic nitrogens is 3. The molecule has 0 radical (unpaired) electrons. The highest BCUT2D eigenvalue weighted by atomic mass is 127. The van der Waals surface area contributed by atoms with Crippen LogP contribution in [0.25, 0.3) is 0 Å². The van der Waals surface area contributed by atoms with Gasteiger partial charge in [0.25, 0.3) is 0 Å². The molecule has 1 aromatic carbocycles. The third-order valence-corrected chi connectivity index (χ3v) is 3.33. The molecule has 0 aliphatic rings. The molecular formula is C12H11IN4O3. The number of benzene rings is 1. The molecule has 1 amide bonds. The maximum atomic E-state index is 11.9. The van der Waals surface area contributed by atoms with Gasteiger partial charge in [-0.1, -0.05) is 17.3 Å². The molecule has 2 rings (SSSR count). The van der Waals surface area contributed by atoms with Crippen molar-refractivity contribution in [1.29, 1.82) is 0 Å². The third-order valence-electron chi connectivity index (χ3n) is 2.39. The molecule has 0 saturated carbocycles. The first kappa shape index (κ1) is 14.4. The molecule has 104 valence electrons. The number of anilines is 1. The van der Waals surface area contributed by atoms with Crippen molar-refractivity contribution in [2.75, 3.05) is 12.4 Å². The van der Waals surface area contributed by atoms with E-state index in [2.05, 4.69) is 43.0 Å². The van der Waals surface area contributed by atoms with Gasteiger partial charge in [-0.3, -0.25) is 4.79 Å². The van der Waals surface area contributed by atoms with Crippen LogP contribution in [-0.4, -0.2) is 34.0 Å². The average Bonchev–Trinajstić information content (AvgIpc) is 2.89. The van der Waals surface area contributed by atoms with E-state index in [0.717, 1.165) is 9.26 Å². The molecule has 7 nitrogen and oxygen atoms in total. The van der Waals surface area contributed by atoms with Gasteiger partial charge in [0, 0.05) is 3.57 Å². The number of hydrogen-bond donors (Lipinski definition) is 1. The van der Waals surface area contributed by atoms with Crippen molar-refractivity contribution >= 4 is 40.2 Å². The number of carbonyl (C=O) groups excluding carboxylic acids is 2. The number of amides is 1. The van der Waals surface area contributed by atoms with Crippen LogP contribution >= 0.6 is 22.6 Å². The Balaban J connectivity index is 2.00. The zero-order chi connectivity index (χ0) is 14.5. The van der Waals surface area contributed by atoms with Crippen molar-refractivity contribution in [2.45, 2.75) is 6.54 Å². The lowest BCUT2D eigenvalue weighted by Gasteiger charge is -2.06. The summed E-state index contributed by atoms with van der Waals surface area (Å²) in [5.74, 6) is -0.843. The standard InChI is InChI=1S/C12H11IN4O3/c1-20-12(19)10-6-17(16-15-10)7-11(18)14-9-5-3-2-4-8(9)13/h2-6H,7H2,1H3,(H,14,18). The molecule has 0 spiro atoms. The van der Waals surface area contributed by atoms with Gasteiger partial charge in [-0.25, -0.2) is 9.48 Å². The SMILES string of the molecule is COC(=O)c1cn(CC(=O)Nc2ccccc2I)nn1. The van der Waals surface area contributed by atoms with E-state index in [1.165, 1.54) is 18.0 Å². The molecule has 20 heavy (non-hydrogen) atoms. The lowest BCUT2D eigenvalue weighted by Crippen LogP contribution is -2.19. The zero-order valence-corrected chi connectivity index (χ0v) is 12.7. The van der Waals surface area contributed by atoms with Gasteiger partial charge < -0.3 is 10.1 Å². The van der Waals surface area contributed by atoms with Crippen LogP contribution in [0.2, 0.25) is 0 Å².